The monoisotopic (exact) mass is 193 g/mol. The molecule has 0 saturated heterocycles. The first-order valence-electron chi connectivity index (χ1n) is 4.95. The van der Waals surface area contributed by atoms with E-state index in [9.17, 15) is 4.79 Å². The van der Waals surface area contributed by atoms with Crippen molar-refractivity contribution in [3.8, 4) is 0 Å². The van der Waals surface area contributed by atoms with Gasteiger partial charge in [-0.3, -0.25) is 4.79 Å². The van der Waals surface area contributed by atoms with Gasteiger partial charge in [0.15, 0.2) is 0 Å². The van der Waals surface area contributed by atoms with E-state index in [-0.39, 0.29) is 0 Å². The zero-order valence-corrected chi connectivity index (χ0v) is 8.58. The molecule has 2 heterocycles. The fraction of sp³-hybridized carbons (Fsp3) is 0.600. The molecule has 1 unspecified atom stereocenters. The Labute approximate surface area is 83.1 Å². The highest BCUT2D eigenvalue weighted by Crippen LogP contribution is 2.23. The topological polar surface area (TPSA) is 60.9 Å². The van der Waals surface area contributed by atoms with Crippen molar-refractivity contribution < 1.29 is 4.79 Å². The largest absolute Gasteiger partial charge is 0.364 e. The molecule has 0 saturated carbocycles. The molecule has 0 bridgehead atoms. The molecule has 4 nitrogen and oxygen atoms in total. The van der Waals surface area contributed by atoms with Crippen LogP contribution in [0.2, 0.25) is 0 Å². The van der Waals surface area contributed by atoms with E-state index in [4.69, 9.17) is 5.73 Å². The minimum atomic E-state index is -0.407. The molecule has 0 fully saturated rings. The number of fused-ring (bicyclic) bond motifs is 1. The molecule has 1 atom stereocenters. The maximum atomic E-state index is 11.1. The second kappa shape index (κ2) is 3.12. The van der Waals surface area contributed by atoms with Gasteiger partial charge in [0.25, 0.3) is 5.91 Å². The van der Waals surface area contributed by atoms with Crippen LogP contribution in [0.1, 0.15) is 35.4 Å². The van der Waals surface area contributed by atoms with E-state index in [1.165, 1.54) is 0 Å². The minimum absolute atomic E-state index is 0.407. The van der Waals surface area contributed by atoms with Crippen molar-refractivity contribution >= 4 is 5.91 Å². The number of carbonyl (C=O) groups is 1. The summed E-state index contributed by atoms with van der Waals surface area (Å²) >= 11 is 0. The fourth-order valence-electron chi connectivity index (χ4n) is 2.09. The zero-order chi connectivity index (χ0) is 10.3. The summed E-state index contributed by atoms with van der Waals surface area (Å²) in [4.78, 5) is 15.4. The maximum absolute atomic E-state index is 11.1. The van der Waals surface area contributed by atoms with Crippen LogP contribution in [0.15, 0.2) is 0 Å². The van der Waals surface area contributed by atoms with Gasteiger partial charge in [-0.1, -0.05) is 6.92 Å². The molecule has 0 aromatic carbocycles. The molecule has 4 heteroatoms. The Hall–Kier alpha value is -1.32. The van der Waals surface area contributed by atoms with E-state index >= 15 is 0 Å². The highest BCUT2D eigenvalue weighted by atomic mass is 16.1. The van der Waals surface area contributed by atoms with E-state index in [2.05, 4.69) is 16.5 Å². The zero-order valence-electron chi connectivity index (χ0n) is 8.58. The first kappa shape index (κ1) is 9.24. The van der Waals surface area contributed by atoms with Crippen LogP contribution in [0.4, 0.5) is 0 Å². The molecule has 0 aliphatic carbocycles. The molecular weight excluding hydrogens is 178 g/mol. The average molecular weight is 193 g/mol. The lowest BCUT2D eigenvalue weighted by Gasteiger charge is -2.21. The number of aromatic nitrogens is 2. The summed E-state index contributed by atoms with van der Waals surface area (Å²) in [7, 11) is 0. The Morgan fingerprint density at radius 2 is 2.36 bits per heavy atom. The number of aryl methyl sites for hydroxylation is 1. The predicted molar refractivity (Wildman–Crippen MR) is 53.0 cm³/mol. The predicted octanol–water partition coefficient (Wildman–Crippen LogP) is 0.873. The lowest BCUT2D eigenvalue weighted by Crippen LogP contribution is -2.21. The lowest BCUT2D eigenvalue weighted by atomic mass is 9.97. The number of amides is 1. The quantitative estimate of drug-likeness (QED) is 0.719. The average Bonchev–Trinajstić information content (AvgIpc) is 2.43. The smallest absolute Gasteiger partial charge is 0.269 e. The summed E-state index contributed by atoms with van der Waals surface area (Å²) in [5, 5.41) is 0. The summed E-state index contributed by atoms with van der Waals surface area (Å²) in [6.45, 7) is 5.07. The van der Waals surface area contributed by atoms with Gasteiger partial charge in [0.2, 0.25) is 0 Å². The van der Waals surface area contributed by atoms with Crippen LogP contribution in [0, 0.1) is 12.8 Å². The molecule has 0 radical (unpaired) electrons. The van der Waals surface area contributed by atoms with E-state index in [0.717, 1.165) is 30.9 Å². The Kier molecular flexibility index (Phi) is 2.06. The minimum Gasteiger partial charge on any atom is -0.364 e. The van der Waals surface area contributed by atoms with E-state index in [0.29, 0.717) is 11.6 Å². The highest BCUT2D eigenvalue weighted by molar-refractivity contribution is 5.92. The van der Waals surface area contributed by atoms with Crippen LogP contribution < -0.4 is 5.73 Å². The second-order valence-electron chi connectivity index (χ2n) is 4.07. The molecule has 1 amide bonds. The van der Waals surface area contributed by atoms with Gasteiger partial charge in [-0.2, -0.15) is 0 Å². The normalized spacial score (nSPS) is 20.6. The van der Waals surface area contributed by atoms with Crippen LogP contribution in [0.25, 0.3) is 0 Å². The number of nitrogens with zero attached hydrogens (tertiary/aromatic N) is 2. The Balaban J connectivity index is 2.50. The van der Waals surface area contributed by atoms with Crippen LogP contribution in [-0.2, 0) is 13.0 Å². The van der Waals surface area contributed by atoms with Gasteiger partial charge in [0, 0.05) is 6.54 Å². The molecular formula is C10H15N3O. The summed E-state index contributed by atoms with van der Waals surface area (Å²) in [5.74, 6) is 1.12. The molecule has 14 heavy (non-hydrogen) atoms. The molecule has 0 spiro atoms. The fourth-order valence-corrected chi connectivity index (χ4v) is 2.09. The Bertz CT molecular complexity index is 381. The van der Waals surface area contributed by atoms with Crippen molar-refractivity contribution in [2.45, 2.75) is 33.2 Å². The van der Waals surface area contributed by atoms with Gasteiger partial charge < -0.3 is 10.3 Å². The highest BCUT2D eigenvalue weighted by Gasteiger charge is 2.23. The van der Waals surface area contributed by atoms with Crippen LogP contribution in [-0.4, -0.2) is 15.5 Å². The van der Waals surface area contributed by atoms with Gasteiger partial charge in [-0.25, -0.2) is 4.98 Å². The second-order valence-corrected chi connectivity index (χ2v) is 4.07. The maximum Gasteiger partial charge on any atom is 0.269 e. The third-order valence-corrected chi connectivity index (χ3v) is 2.88. The molecule has 2 N–H and O–H groups in total. The number of rotatable bonds is 1. The Morgan fingerprint density at radius 1 is 1.64 bits per heavy atom. The number of hydrogen-bond acceptors (Lipinski definition) is 2. The van der Waals surface area contributed by atoms with Gasteiger partial charge in [-0.15, -0.1) is 0 Å². The van der Waals surface area contributed by atoms with E-state index < -0.39 is 5.91 Å². The van der Waals surface area contributed by atoms with Gasteiger partial charge in [0.1, 0.15) is 11.5 Å². The Morgan fingerprint density at radius 3 is 3.00 bits per heavy atom. The number of imidazole rings is 1. The number of carbonyl (C=O) groups excluding carboxylic acids is 1. The summed E-state index contributed by atoms with van der Waals surface area (Å²) in [6.07, 6.45) is 2.07. The van der Waals surface area contributed by atoms with Crippen molar-refractivity contribution in [3.05, 3.63) is 17.2 Å². The van der Waals surface area contributed by atoms with E-state index in [1.807, 2.05) is 6.92 Å². The molecule has 76 valence electrons. The number of hydrogen-bond donors (Lipinski definition) is 1. The summed E-state index contributed by atoms with van der Waals surface area (Å²) < 4.78 is 2.11. The van der Waals surface area contributed by atoms with Crippen molar-refractivity contribution in [1.82, 2.24) is 9.55 Å². The van der Waals surface area contributed by atoms with Crippen molar-refractivity contribution in [2.24, 2.45) is 11.7 Å². The van der Waals surface area contributed by atoms with Gasteiger partial charge >= 0.3 is 0 Å². The summed E-state index contributed by atoms with van der Waals surface area (Å²) in [5.41, 5.74) is 6.77. The van der Waals surface area contributed by atoms with Crippen LogP contribution in [0.3, 0.4) is 0 Å². The SMILES string of the molecule is Cc1nc(C(N)=O)c2n1CCC(C)C2. The van der Waals surface area contributed by atoms with Crippen LogP contribution in [0.5, 0.6) is 0 Å². The molecule has 2 rings (SSSR count). The molecule has 1 aliphatic heterocycles. The van der Waals surface area contributed by atoms with Crippen molar-refractivity contribution in [3.63, 3.8) is 0 Å². The first-order chi connectivity index (χ1) is 6.59. The van der Waals surface area contributed by atoms with Gasteiger partial charge in [-0.05, 0) is 25.7 Å². The standard InChI is InChI=1S/C10H15N3O/c1-6-3-4-13-7(2)12-9(10(11)14)8(13)5-6/h6H,3-5H2,1-2H3,(H2,11,14). The third kappa shape index (κ3) is 1.31. The van der Waals surface area contributed by atoms with Crippen molar-refractivity contribution in [1.29, 1.82) is 0 Å². The van der Waals surface area contributed by atoms with Gasteiger partial charge in [0.05, 0.1) is 5.69 Å². The van der Waals surface area contributed by atoms with E-state index in [1.54, 1.807) is 0 Å². The van der Waals surface area contributed by atoms with Crippen molar-refractivity contribution in [2.75, 3.05) is 0 Å². The number of nitrogens with two attached hydrogens (primary N) is 1. The molecule has 1 aromatic rings. The number of primary amides is 1. The lowest BCUT2D eigenvalue weighted by molar-refractivity contribution is 0.0994. The van der Waals surface area contributed by atoms with Crippen LogP contribution >= 0.6 is 0 Å². The first-order valence-corrected chi connectivity index (χ1v) is 4.95. The molecule has 1 aliphatic rings. The summed E-state index contributed by atoms with van der Waals surface area (Å²) in [6, 6.07) is 0. The molecule has 1 aromatic heterocycles. The third-order valence-electron chi connectivity index (χ3n) is 2.88.